The predicted octanol–water partition coefficient (Wildman–Crippen LogP) is 7.48. The zero-order chi connectivity index (χ0) is 28.4. The highest BCUT2D eigenvalue weighted by Crippen LogP contribution is 2.73. The maximum Gasteiger partial charge on any atom is 0.484 e. The summed E-state index contributed by atoms with van der Waals surface area (Å²) < 4.78 is 80.0. The summed E-state index contributed by atoms with van der Waals surface area (Å²) in [7, 11) is -3.54. The lowest BCUT2D eigenvalue weighted by molar-refractivity contribution is -0.00324. The number of benzene rings is 1. The molecule has 0 aromatic heterocycles. The van der Waals surface area contributed by atoms with E-state index in [4.69, 9.17) is 0 Å². The van der Waals surface area contributed by atoms with Crippen molar-refractivity contribution in [2.75, 3.05) is 0 Å². The molecule has 0 saturated carbocycles. The van der Waals surface area contributed by atoms with Gasteiger partial charge in [0.15, 0.2) is 28.8 Å². The third-order valence-corrected chi connectivity index (χ3v) is 11.5. The molecule has 0 N–H and O–H groups in total. The summed E-state index contributed by atoms with van der Waals surface area (Å²) >= 11 is 0. The van der Waals surface area contributed by atoms with Crippen LogP contribution in [0.15, 0.2) is 0 Å². The molecule has 0 heterocycles. The summed E-state index contributed by atoms with van der Waals surface area (Å²) in [6.07, 6.45) is 0. The third kappa shape index (κ3) is 5.53. The zero-order valence-corrected chi connectivity index (χ0v) is 24.4. The highest BCUT2D eigenvalue weighted by atomic mass is 31.2. The van der Waals surface area contributed by atoms with Crippen LogP contribution in [0.1, 0.15) is 88.6 Å². The van der Waals surface area contributed by atoms with Crippen LogP contribution in [-0.4, -0.2) is 60.5 Å². The van der Waals surface area contributed by atoms with Crippen LogP contribution in [0.2, 0.25) is 0 Å². The van der Waals surface area contributed by atoms with E-state index in [2.05, 4.69) is 4.79 Å². The second-order valence-corrected chi connectivity index (χ2v) is 13.6. The first-order chi connectivity index (χ1) is 16.4. The highest BCUT2D eigenvalue weighted by molar-refractivity contribution is 7.85. The molecule has 0 unspecified atom stereocenters. The molecule has 0 saturated heterocycles. The van der Waals surface area contributed by atoms with Gasteiger partial charge in [0.25, 0.3) is 0 Å². The molecular formula is C25H42F5N5P+. The van der Waals surface area contributed by atoms with E-state index in [0.717, 1.165) is 0 Å². The second kappa shape index (κ2) is 12.4. The monoisotopic (exact) mass is 538 g/mol. The van der Waals surface area contributed by atoms with E-state index in [9.17, 15) is 18.7 Å². The quantitative estimate of drug-likeness (QED) is 0.0558. The number of rotatable bonds is 11. The third-order valence-electron chi connectivity index (χ3n) is 5.95. The molecule has 0 aliphatic carbocycles. The predicted molar refractivity (Wildman–Crippen MR) is 137 cm³/mol. The molecule has 0 fully saturated rings. The van der Waals surface area contributed by atoms with E-state index in [0.29, 0.717) is 0 Å². The Hall–Kier alpha value is -1.44. The van der Waals surface area contributed by atoms with Crippen LogP contribution >= 0.6 is 7.71 Å². The number of nitrogens with zero attached hydrogens (tertiary/aromatic N) is 5. The molecule has 0 amide bonds. The minimum Gasteiger partial charge on any atom is -0.356 e. The van der Waals surface area contributed by atoms with Crippen LogP contribution in [-0.2, 0) is 0 Å². The van der Waals surface area contributed by atoms with Crippen LogP contribution in [0, 0.1) is 29.1 Å². The molecular weight excluding hydrogens is 496 g/mol. The second-order valence-electron chi connectivity index (χ2n) is 10.6. The maximum absolute atomic E-state index is 15.4. The van der Waals surface area contributed by atoms with E-state index in [1.165, 1.54) is 0 Å². The molecule has 1 aromatic carbocycles. The number of hydrogen-bond acceptors (Lipinski definition) is 3. The Kier molecular flexibility index (Phi) is 11.2. The van der Waals surface area contributed by atoms with Gasteiger partial charge < -0.3 is 5.53 Å². The van der Waals surface area contributed by atoms with Crippen molar-refractivity contribution in [3.8, 4) is 0 Å². The molecule has 0 radical (unpaired) electrons. The lowest BCUT2D eigenvalue weighted by atomic mass is 10.2. The van der Waals surface area contributed by atoms with Gasteiger partial charge in [-0.05, 0) is 83.1 Å². The highest BCUT2D eigenvalue weighted by Gasteiger charge is 2.72. The Morgan fingerprint density at radius 3 is 0.944 bits per heavy atom. The first-order valence-corrected chi connectivity index (χ1v) is 14.1. The lowest BCUT2D eigenvalue weighted by Gasteiger charge is -2.51. The summed E-state index contributed by atoms with van der Waals surface area (Å²) in [6, 6.07) is -1.52. The van der Waals surface area contributed by atoms with Crippen molar-refractivity contribution < 1.29 is 26.7 Å². The molecule has 0 aliphatic rings. The molecule has 11 heteroatoms. The van der Waals surface area contributed by atoms with Crippen LogP contribution in [0.3, 0.4) is 0 Å². The number of halogens is 5. The fourth-order valence-electron chi connectivity index (χ4n) is 5.47. The van der Waals surface area contributed by atoms with E-state index >= 15 is 8.78 Å². The Morgan fingerprint density at radius 2 is 0.750 bits per heavy atom. The molecule has 36 heavy (non-hydrogen) atoms. The van der Waals surface area contributed by atoms with Crippen LogP contribution in [0.4, 0.5) is 22.0 Å². The summed E-state index contributed by atoms with van der Waals surface area (Å²) in [5, 5.41) is 0. The van der Waals surface area contributed by atoms with Crippen molar-refractivity contribution in [1.82, 2.24) is 14.0 Å². The van der Waals surface area contributed by atoms with Gasteiger partial charge in [-0.1, -0.05) is 0 Å². The average Bonchev–Trinajstić information content (AvgIpc) is 2.71. The Balaban J connectivity index is 4.66. The van der Waals surface area contributed by atoms with Gasteiger partial charge >= 0.3 is 13.2 Å². The van der Waals surface area contributed by atoms with Gasteiger partial charge in [0, 0.05) is 36.3 Å². The first kappa shape index (κ1) is 32.6. The molecule has 0 spiro atoms. The van der Waals surface area contributed by atoms with E-state index < -0.39 is 47.8 Å². The molecule has 1 rings (SSSR count). The molecule has 0 bridgehead atoms. The van der Waals surface area contributed by atoms with Gasteiger partial charge in [-0.25, -0.2) is 22.0 Å². The Morgan fingerprint density at radius 1 is 0.528 bits per heavy atom. The van der Waals surface area contributed by atoms with Crippen molar-refractivity contribution in [3.63, 3.8) is 0 Å². The van der Waals surface area contributed by atoms with Gasteiger partial charge in [-0.3, -0.25) is 0 Å². The minimum atomic E-state index is -3.54. The molecule has 1 aromatic rings. The summed E-state index contributed by atoms with van der Waals surface area (Å²) in [4.78, 5) is 3.43. The summed E-state index contributed by atoms with van der Waals surface area (Å²) in [6.45, 7) is 22.8. The number of hydrogen-bond donors (Lipinski definition) is 0. The Bertz CT molecular complexity index is 871. The Labute approximate surface area is 213 Å². The van der Waals surface area contributed by atoms with E-state index in [1.807, 2.05) is 97.1 Å². The van der Waals surface area contributed by atoms with Gasteiger partial charge in [-0.15, -0.1) is 18.8 Å². The topological polar surface area (TPSA) is 46.1 Å². The van der Waals surface area contributed by atoms with Gasteiger partial charge in [0.05, 0.1) is 0 Å². The van der Waals surface area contributed by atoms with Crippen LogP contribution in [0.5, 0.6) is 0 Å². The fourth-order valence-corrected chi connectivity index (χ4v) is 11.3. The van der Waals surface area contributed by atoms with Crippen LogP contribution < -0.4 is 0 Å². The van der Waals surface area contributed by atoms with Crippen molar-refractivity contribution in [1.29, 1.82) is 0 Å². The van der Waals surface area contributed by atoms with Crippen LogP contribution in [0.25, 0.3) is 5.53 Å². The fraction of sp³-hybridized carbons (Fsp3) is 0.720. The average molecular weight is 539 g/mol. The first-order valence-electron chi connectivity index (χ1n) is 12.4. The molecule has 5 nitrogen and oxygen atoms in total. The zero-order valence-electron chi connectivity index (χ0n) is 23.5. The standard InChI is InChI=1S/C25H42F5N5P/c1-13(2)33(14(3)4)36(34(15(5)6)16(7)8,35(17(9)10)18(11)12)25(32-31)19-20(26)22(28)24(30)23(29)21(19)27/h13-18H,1-12H3/q+1. The molecule has 206 valence electrons. The maximum atomic E-state index is 15.4. The van der Waals surface area contributed by atoms with Crippen molar-refractivity contribution in [2.45, 2.75) is 119 Å². The molecule has 0 aliphatic heterocycles. The van der Waals surface area contributed by atoms with Crippen molar-refractivity contribution >= 4 is 13.2 Å². The smallest absolute Gasteiger partial charge is 0.356 e. The van der Waals surface area contributed by atoms with Gasteiger partial charge in [-0.2, -0.15) is 0 Å². The summed E-state index contributed by atoms with van der Waals surface area (Å²) in [5.41, 5.74) is 8.76. The molecule has 0 atom stereocenters. The van der Waals surface area contributed by atoms with Gasteiger partial charge in [0.2, 0.25) is 5.82 Å². The largest absolute Gasteiger partial charge is 0.484 e. The van der Waals surface area contributed by atoms with E-state index in [1.54, 1.807) is 0 Å². The summed E-state index contributed by atoms with van der Waals surface area (Å²) in [5.74, 6) is -10.4. The van der Waals surface area contributed by atoms with E-state index in [-0.39, 0.29) is 36.3 Å². The van der Waals surface area contributed by atoms with Gasteiger partial charge in [0.1, 0.15) is 0 Å². The normalized spacial score (nSPS) is 13.2. The minimum absolute atomic E-state index is 0.253. The van der Waals surface area contributed by atoms with Crippen molar-refractivity contribution in [2.24, 2.45) is 0 Å². The van der Waals surface area contributed by atoms with Crippen molar-refractivity contribution in [3.05, 3.63) is 40.2 Å². The lowest BCUT2D eigenvalue weighted by Crippen LogP contribution is -2.59. The SMILES string of the molecule is CC(C)N(C(C)C)[P+](C(=[N+]=[N-])c1c(F)c(F)c(F)c(F)c1F)(N(C(C)C)C(C)C)N(C(C)C)C(C)C.